The van der Waals surface area contributed by atoms with Crippen molar-refractivity contribution in [3.05, 3.63) is 0 Å². The van der Waals surface area contributed by atoms with E-state index < -0.39 is 85.9 Å². The van der Waals surface area contributed by atoms with Gasteiger partial charge in [-0.25, -0.2) is 0 Å². The van der Waals surface area contributed by atoms with Gasteiger partial charge in [0.15, 0.2) is 0 Å². The van der Waals surface area contributed by atoms with E-state index in [9.17, 15) is 0 Å². The van der Waals surface area contributed by atoms with Crippen LogP contribution in [0, 0.1) is 32.5 Å². The van der Waals surface area contributed by atoms with Crippen molar-refractivity contribution in [1.82, 2.24) is 0 Å². The van der Waals surface area contributed by atoms with Gasteiger partial charge in [-0.05, 0) is 0 Å². The zero-order chi connectivity index (χ0) is 33.5. The molecule has 0 N–H and O–H groups in total. The molecular formula is C30H68O8Sn5. The summed E-state index contributed by atoms with van der Waals surface area (Å²) in [5, 5.41) is 0. The van der Waals surface area contributed by atoms with Crippen molar-refractivity contribution in [1.29, 1.82) is 0 Å². The van der Waals surface area contributed by atoms with Crippen molar-refractivity contribution in [2.45, 2.75) is 125 Å². The predicted octanol–water partition coefficient (Wildman–Crippen LogP) is 6.50. The van der Waals surface area contributed by atoms with E-state index in [1.165, 1.54) is 0 Å². The molecule has 0 aliphatic heterocycles. The molecule has 0 aliphatic rings. The maximum atomic E-state index is 6.36. The molecule has 8 radical (unpaired) electrons. The van der Waals surface area contributed by atoms with E-state index in [0.717, 1.165) is 13.2 Å². The molecule has 0 aromatic heterocycles. The average molecular weight is 1150 g/mol. The Bertz CT molecular complexity index is 639. The molecule has 0 aliphatic carbocycles. The third-order valence-electron chi connectivity index (χ3n) is 4.02. The van der Waals surface area contributed by atoms with E-state index in [-0.39, 0.29) is 56.4 Å². The Balaban J connectivity index is -0.000000960. The van der Waals surface area contributed by atoms with E-state index in [0.29, 0.717) is 26.4 Å². The topological polar surface area (TPSA) is 73.8 Å². The minimum absolute atomic E-state index is 0. The zero-order valence-corrected chi connectivity index (χ0v) is 46.3. The largest absolute Gasteiger partial charge is 0 e. The van der Waals surface area contributed by atoms with E-state index in [1.807, 2.05) is 0 Å². The SMILES string of the molecule is CC(C)(C)C[O][Sn][O]CC(C)(C)C.CC(C)(C)C[O][Sn][O][SnH]([O]CC(C)(C)C)[O][SnH]([O]CC(C)(C)C)[O]CC(C)(C)C.[Sn]. The van der Waals surface area contributed by atoms with Gasteiger partial charge in [-0.15, -0.1) is 0 Å². The van der Waals surface area contributed by atoms with Crippen LogP contribution < -0.4 is 0 Å². The molecule has 0 rings (SSSR count). The summed E-state index contributed by atoms with van der Waals surface area (Å²) < 4.78 is 47.9. The smallest absolute Gasteiger partial charge is 0 e. The first-order valence-electron chi connectivity index (χ1n) is 15.1. The second-order valence-electron chi connectivity index (χ2n) is 18.2. The van der Waals surface area contributed by atoms with Gasteiger partial charge in [0.05, 0.1) is 0 Å². The van der Waals surface area contributed by atoms with Crippen LogP contribution >= 0.6 is 0 Å². The van der Waals surface area contributed by atoms with Gasteiger partial charge in [-0.2, -0.15) is 0 Å². The van der Waals surface area contributed by atoms with Crippen LogP contribution in [0.2, 0.25) is 0 Å². The third-order valence-corrected chi connectivity index (χ3v) is 26.1. The molecule has 0 bridgehead atoms. The Labute approximate surface area is 323 Å². The minimum Gasteiger partial charge on any atom is 0 e. The second kappa shape index (κ2) is 24.0. The summed E-state index contributed by atoms with van der Waals surface area (Å²) in [6.45, 7) is 43.1. The van der Waals surface area contributed by atoms with Gasteiger partial charge in [-0.1, -0.05) is 0 Å². The first-order chi connectivity index (χ1) is 18.6. The van der Waals surface area contributed by atoms with Crippen molar-refractivity contribution in [3.63, 3.8) is 0 Å². The monoisotopic (exact) mass is 1160 g/mol. The second-order valence-corrected chi connectivity index (χ2v) is 38.9. The molecule has 0 aromatic carbocycles. The predicted molar refractivity (Wildman–Crippen MR) is 186 cm³/mol. The summed E-state index contributed by atoms with van der Waals surface area (Å²) in [6, 6.07) is 0. The third kappa shape index (κ3) is 45.7. The summed E-state index contributed by atoms with van der Waals surface area (Å²) in [7, 11) is 0. The molecule has 0 fully saturated rings. The van der Waals surface area contributed by atoms with E-state index in [1.54, 1.807) is 0 Å². The molecule has 0 saturated carbocycles. The fourth-order valence-corrected chi connectivity index (χ4v) is 34.6. The quantitative estimate of drug-likeness (QED) is 0.128. The van der Waals surface area contributed by atoms with E-state index >= 15 is 0 Å². The minimum atomic E-state index is -3.16. The first-order valence-corrected chi connectivity index (χ1v) is 27.8. The number of hydrogen-bond acceptors (Lipinski definition) is 8. The van der Waals surface area contributed by atoms with Crippen molar-refractivity contribution >= 4 is 110 Å². The van der Waals surface area contributed by atoms with Gasteiger partial charge in [0.2, 0.25) is 0 Å². The summed E-state index contributed by atoms with van der Waals surface area (Å²) in [4.78, 5) is 0. The number of hydrogen-bond donors (Lipinski definition) is 0. The van der Waals surface area contributed by atoms with Gasteiger partial charge in [0, 0.05) is 23.9 Å². The Morgan fingerprint density at radius 2 is 0.628 bits per heavy atom. The average Bonchev–Trinajstić information content (AvgIpc) is 2.72. The Morgan fingerprint density at radius 3 is 0.907 bits per heavy atom. The Hall–Kier alpha value is 3.67. The van der Waals surface area contributed by atoms with Crippen LogP contribution in [0.15, 0.2) is 0 Å². The molecule has 43 heavy (non-hydrogen) atoms. The van der Waals surface area contributed by atoms with Crippen LogP contribution in [0.1, 0.15) is 125 Å². The Morgan fingerprint density at radius 1 is 0.372 bits per heavy atom. The van der Waals surface area contributed by atoms with Gasteiger partial charge in [-0.3, -0.25) is 0 Å². The molecular weight excluding hydrogens is 1080 g/mol. The molecule has 1 atom stereocenters. The summed E-state index contributed by atoms with van der Waals surface area (Å²) in [6.07, 6.45) is 0. The molecule has 0 heterocycles. The number of rotatable bonds is 16. The van der Waals surface area contributed by atoms with Gasteiger partial charge in [0.1, 0.15) is 0 Å². The van der Waals surface area contributed by atoms with Gasteiger partial charge in [0.25, 0.3) is 0 Å². The molecule has 1 unspecified atom stereocenters. The molecule has 0 saturated heterocycles. The normalized spacial score (nSPS) is 14.3. The van der Waals surface area contributed by atoms with Crippen molar-refractivity contribution < 1.29 is 21.3 Å². The zero-order valence-electron chi connectivity index (χ0n) is 31.2. The summed E-state index contributed by atoms with van der Waals surface area (Å²) in [5.41, 5.74) is 0.860. The van der Waals surface area contributed by atoms with Crippen LogP contribution in [0.3, 0.4) is 0 Å². The molecule has 0 aromatic rings. The molecule has 0 amide bonds. The maximum absolute atomic E-state index is 6.36. The van der Waals surface area contributed by atoms with E-state index in [4.69, 9.17) is 21.3 Å². The van der Waals surface area contributed by atoms with Crippen molar-refractivity contribution in [2.24, 2.45) is 32.5 Å². The molecule has 13 heteroatoms. The fourth-order valence-electron chi connectivity index (χ4n) is 2.13. The maximum Gasteiger partial charge on any atom is 0 e. The Kier molecular flexibility index (Phi) is 28.4. The van der Waals surface area contributed by atoms with Crippen LogP contribution in [-0.2, 0) is 21.3 Å². The van der Waals surface area contributed by atoms with Crippen LogP contribution in [0.5, 0.6) is 0 Å². The summed E-state index contributed by atoms with van der Waals surface area (Å²) >= 11 is -8.76. The van der Waals surface area contributed by atoms with E-state index in [2.05, 4.69) is 125 Å². The van der Waals surface area contributed by atoms with Crippen LogP contribution in [-0.4, -0.2) is 149 Å². The fraction of sp³-hybridized carbons (Fsp3) is 1.00. The van der Waals surface area contributed by atoms with Crippen molar-refractivity contribution in [2.75, 3.05) is 39.6 Å². The van der Waals surface area contributed by atoms with Gasteiger partial charge < -0.3 is 0 Å². The van der Waals surface area contributed by atoms with Crippen LogP contribution in [0.4, 0.5) is 0 Å². The molecule has 256 valence electrons. The standard InChI is InChI=1S/6C5H11O.2O.5Sn.2H/c6*1-5(2,3)4-6;;;;;;;;;/h6*4H2,1-3H3;;;;;;;;;/q6*-1;;;;2*+1;2*+2;;. The summed E-state index contributed by atoms with van der Waals surface area (Å²) in [5.74, 6) is 0. The van der Waals surface area contributed by atoms with Gasteiger partial charge >= 0.3 is 304 Å². The molecule has 0 spiro atoms. The first kappa shape index (κ1) is 51.0. The van der Waals surface area contributed by atoms with Crippen LogP contribution in [0.25, 0.3) is 0 Å². The molecule has 8 nitrogen and oxygen atoms in total. The van der Waals surface area contributed by atoms with Crippen molar-refractivity contribution in [3.8, 4) is 0 Å².